The predicted molar refractivity (Wildman–Crippen MR) is 57.3 cm³/mol. The molecular weight excluding hydrogens is 192 g/mol. The van der Waals surface area contributed by atoms with Crippen molar-refractivity contribution in [3.63, 3.8) is 0 Å². The van der Waals surface area contributed by atoms with Gasteiger partial charge in [0.2, 0.25) is 0 Å². The van der Waals surface area contributed by atoms with E-state index < -0.39 is 0 Å². The van der Waals surface area contributed by atoms with Crippen LogP contribution >= 0.6 is 0 Å². The molecule has 5 nitrogen and oxygen atoms in total. The van der Waals surface area contributed by atoms with Crippen molar-refractivity contribution in [3.8, 4) is 0 Å². The van der Waals surface area contributed by atoms with E-state index >= 15 is 0 Å². The molecule has 1 amide bonds. The van der Waals surface area contributed by atoms with Crippen LogP contribution < -0.4 is 5.73 Å². The highest BCUT2D eigenvalue weighted by atomic mass is 16.2. The number of hydrogen-bond acceptors (Lipinski definition) is 3. The Hall–Kier alpha value is -1.52. The number of nitrogen functional groups attached to an aromatic ring is 1. The Labute approximate surface area is 88.8 Å². The summed E-state index contributed by atoms with van der Waals surface area (Å²) in [4.78, 5) is 13.7. The molecule has 2 rings (SSSR count). The first-order valence-corrected chi connectivity index (χ1v) is 5.12. The SMILES string of the molecule is CN(CC1CC1)C(=O)c1c(N)cnn1C. The molecule has 0 radical (unpaired) electrons. The molecule has 0 bridgehead atoms. The highest BCUT2D eigenvalue weighted by molar-refractivity contribution is 5.97. The van der Waals surface area contributed by atoms with Gasteiger partial charge in [-0.1, -0.05) is 0 Å². The van der Waals surface area contributed by atoms with E-state index in [4.69, 9.17) is 5.73 Å². The number of amides is 1. The van der Waals surface area contributed by atoms with Gasteiger partial charge in [0.25, 0.3) is 5.91 Å². The van der Waals surface area contributed by atoms with Crippen molar-refractivity contribution in [2.45, 2.75) is 12.8 Å². The highest BCUT2D eigenvalue weighted by Crippen LogP contribution is 2.29. The summed E-state index contributed by atoms with van der Waals surface area (Å²) in [6, 6.07) is 0. The minimum absolute atomic E-state index is 0.0422. The van der Waals surface area contributed by atoms with Gasteiger partial charge in [0.05, 0.1) is 11.9 Å². The lowest BCUT2D eigenvalue weighted by Crippen LogP contribution is -2.30. The summed E-state index contributed by atoms with van der Waals surface area (Å²) in [5.74, 6) is 0.646. The van der Waals surface area contributed by atoms with Crippen molar-refractivity contribution in [2.24, 2.45) is 13.0 Å². The van der Waals surface area contributed by atoms with Gasteiger partial charge in [-0.15, -0.1) is 0 Å². The fraction of sp³-hybridized carbons (Fsp3) is 0.600. The fourth-order valence-electron chi connectivity index (χ4n) is 1.67. The molecule has 1 aromatic rings. The highest BCUT2D eigenvalue weighted by Gasteiger charge is 2.27. The number of rotatable bonds is 3. The van der Waals surface area contributed by atoms with Crippen LogP contribution in [-0.4, -0.2) is 34.2 Å². The Morgan fingerprint density at radius 3 is 2.87 bits per heavy atom. The summed E-state index contributed by atoms with van der Waals surface area (Å²) < 4.78 is 1.53. The maximum absolute atomic E-state index is 12.0. The second-order valence-corrected chi connectivity index (χ2v) is 4.20. The van der Waals surface area contributed by atoms with Gasteiger partial charge in [-0.05, 0) is 18.8 Å². The number of aromatic nitrogens is 2. The minimum atomic E-state index is -0.0422. The van der Waals surface area contributed by atoms with Crippen LogP contribution in [0.5, 0.6) is 0 Å². The van der Waals surface area contributed by atoms with Crippen molar-refractivity contribution >= 4 is 11.6 Å². The normalized spacial score (nSPS) is 15.3. The maximum atomic E-state index is 12.0. The van der Waals surface area contributed by atoms with E-state index in [0.717, 1.165) is 6.54 Å². The Kier molecular flexibility index (Phi) is 2.38. The third-order valence-electron chi connectivity index (χ3n) is 2.75. The zero-order chi connectivity index (χ0) is 11.0. The van der Waals surface area contributed by atoms with E-state index in [1.54, 1.807) is 11.9 Å². The standard InChI is InChI=1S/C10H16N4O/c1-13(6-7-3-4-7)10(15)9-8(11)5-12-14(9)2/h5,7H,3-4,6,11H2,1-2H3. The fourth-order valence-corrected chi connectivity index (χ4v) is 1.67. The van der Waals surface area contributed by atoms with Gasteiger partial charge in [0.15, 0.2) is 0 Å². The van der Waals surface area contributed by atoms with Crippen molar-refractivity contribution in [2.75, 3.05) is 19.3 Å². The molecule has 0 unspecified atom stereocenters. The zero-order valence-corrected chi connectivity index (χ0v) is 9.10. The topological polar surface area (TPSA) is 64.2 Å². The number of carbonyl (C=O) groups is 1. The number of hydrogen-bond donors (Lipinski definition) is 1. The van der Waals surface area contributed by atoms with Gasteiger partial charge < -0.3 is 10.6 Å². The van der Waals surface area contributed by atoms with Crippen molar-refractivity contribution in [3.05, 3.63) is 11.9 Å². The van der Waals surface area contributed by atoms with Crippen LogP contribution in [0.15, 0.2) is 6.20 Å². The third-order valence-corrected chi connectivity index (χ3v) is 2.75. The number of carbonyl (C=O) groups excluding carboxylic acids is 1. The predicted octanol–water partition coefficient (Wildman–Crippen LogP) is 0.484. The van der Waals surface area contributed by atoms with E-state index in [2.05, 4.69) is 5.10 Å². The molecule has 0 spiro atoms. The molecule has 1 heterocycles. The summed E-state index contributed by atoms with van der Waals surface area (Å²) in [5, 5.41) is 3.96. The van der Waals surface area contributed by atoms with E-state index in [0.29, 0.717) is 17.3 Å². The molecule has 0 aromatic carbocycles. The van der Waals surface area contributed by atoms with Crippen LogP contribution in [0.3, 0.4) is 0 Å². The molecule has 0 atom stereocenters. The number of aryl methyl sites for hydroxylation is 1. The quantitative estimate of drug-likeness (QED) is 0.786. The van der Waals surface area contributed by atoms with Crippen LogP contribution in [0, 0.1) is 5.92 Å². The summed E-state index contributed by atoms with van der Waals surface area (Å²) in [5.41, 5.74) is 6.63. The molecule has 2 N–H and O–H groups in total. The Bertz CT molecular complexity index is 361. The van der Waals surface area contributed by atoms with E-state index in [1.807, 2.05) is 7.05 Å². The molecule has 1 aliphatic rings. The van der Waals surface area contributed by atoms with E-state index in [9.17, 15) is 4.79 Å². The summed E-state index contributed by atoms with van der Waals surface area (Å²) >= 11 is 0. The average molecular weight is 208 g/mol. The minimum Gasteiger partial charge on any atom is -0.396 e. The van der Waals surface area contributed by atoms with Gasteiger partial charge in [-0.2, -0.15) is 5.10 Å². The molecule has 1 fully saturated rings. The van der Waals surface area contributed by atoms with Crippen molar-refractivity contribution in [1.29, 1.82) is 0 Å². The summed E-state index contributed by atoms with van der Waals surface area (Å²) in [6.07, 6.45) is 3.98. The van der Waals surface area contributed by atoms with E-state index in [1.165, 1.54) is 23.7 Å². The largest absolute Gasteiger partial charge is 0.396 e. The first-order chi connectivity index (χ1) is 7.09. The van der Waals surface area contributed by atoms with Crippen LogP contribution in [0.2, 0.25) is 0 Å². The molecule has 0 aliphatic heterocycles. The molecule has 0 saturated heterocycles. The Balaban J connectivity index is 2.11. The molecule has 1 aromatic heterocycles. The number of anilines is 1. The molecular formula is C10H16N4O. The number of nitrogens with two attached hydrogens (primary N) is 1. The monoisotopic (exact) mass is 208 g/mol. The average Bonchev–Trinajstić information content (AvgIpc) is 2.93. The second kappa shape index (κ2) is 3.56. The molecule has 1 aliphatic carbocycles. The molecule has 1 saturated carbocycles. The lowest BCUT2D eigenvalue weighted by atomic mass is 10.3. The van der Waals surface area contributed by atoms with Crippen LogP contribution in [0.25, 0.3) is 0 Å². The van der Waals surface area contributed by atoms with Gasteiger partial charge in [-0.3, -0.25) is 9.48 Å². The summed E-state index contributed by atoms with van der Waals surface area (Å²) in [6.45, 7) is 0.823. The first kappa shape index (κ1) is 10.0. The second-order valence-electron chi connectivity index (χ2n) is 4.20. The van der Waals surface area contributed by atoms with Crippen molar-refractivity contribution in [1.82, 2.24) is 14.7 Å². The van der Waals surface area contributed by atoms with Crippen LogP contribution in [0.4, 0.5) is 5.69 Å². The molecule has 82 valence electrons. The van der Waals surface area contributed by atoms with Crippen LogP contribution in [-0.2, 0) is 7.05 Å². The van der Waals surface area contributed by atoms with Gasteiger partial charge >= 0.3 is 0 Å². The maximum Gasteiger partial charge on any atom is 0.274 e. The number of nitrogens with zero attached hydrogens (tertiary/aromatic N) is 3. The molecule has 5 heteroatoms. The summed E-state index contributed by atoms with van der Waals surface area (Å²) in [7, 11) is 3.54. The van der Waals surface area contributed by atoms with Gasteiger partial charge in [-0.25, -0.2) is 0 Å². The zero-order valence-electron chi connectivity index (χ0n) is 9.10. The first-order valence-electron chi connectivity index (χ1n) is 5.12. The molecule has 15 heavy (non-hydrogen) atoms. The smallest absolute Gasteiger partial charge is 0.274 e. The van der Waals surface area contributed by atoms with Crippen molar-refractivity contribution < 1.29 is 4.79 Å². The third kappa shape index (κ3) is 1.95. The van der Waals surface area contributed by atoms with Gasteiger partial charge in [0.1, 0.15) is 5.69 Å². The lowest BCUT2D eigenvalue weighted by molar-refractivity contribution is 0.0779. The van der Waals surface area contributed by atoms with Gasteiger partial charge in [0, 0.05) is 20.6 Å². The van der Waals surface area contributed by atoms with Crippen LogP contribution in [0.1, 0.15) is 23.3 Å². The Morgan fingerprint density at radius 2 is 2.40 bits per heavy atom. The van der Waals surface area contributed by atoms with E-state index in [-0.39, 0.29) is 5.91 Å². The Morgan fingerprint density at radius 1 is 1.73 bits per heavy atom. The lowest BCUT2D eigenvalue weighted by Gasteiger charge is -2.16.